The molecular formula is C18H17N5O2S. The number of hydrogen-bond acceptors (Lipinski definition) is 6. The molecule has 8 heteroatoms. The van der Waals surface area contributed by atoms with Crippen molar-refractivity contribution < 1.29 is 9.21 Å². The fourth-order valence-corrected chi connectivity index (χ4v) is 3.27. The van der Waals surface area contributed by atoms with Crippen molar-refractivity contribution in [1.82, 2.24) is 25.5 Å². The average molecular weight is 367 g/mol. The molecule has 0 bridgehead atoms. The van der Waals surface area contributed by atoms with E-state index in [0.29, 0.717) is 18.2 Å². The molecule has 0 spiro atoms. The fourth-order valence-electron chi connectivity index (χ4n) is 2.64. The number of benzene rings is 1. The average Bonchev–Trinajstić information content (AvgIpc) is 3.39. The monoisotopic (exact) mass is 367 g/mol. The first-order chi connectivity index (χ1) is 12.7. The molecule has 0 aliphatic heterocycles. The number of carbonyl (C=O) groups is 1. The minimum Gasteiger partial charge on any atom is -0.421 e. The lowest BCUT2D eigenvalue weighted by atomic mass is 10.2. The highest BCUT2D eigenvalue weighted by Gasteiger charge is 2.15. The molecule has 0 saturated heterocycles. The lowest BCUT2D eigenvalue weighted by Gasteiger charge is -2.10. The Balaban J connectivity index is 1.33. The van der Waals surface area contributed by atoms with Gasteiger partial charge in [-0.05, 0) is 30.5 Å². The summed E-state index contributed by atoms with van der Waals surface area (Å²) in [5, 5.41) is 14.8. The van der Waals surface area contributed by atoms with E-state index in [1.165, 1.54) is 0 Å². The van der Waals surface area contributed by atoms with E-state index in [1.807, 2.05) is 48.0 Å². The van der Waals surface area contributed by atoms with Crippen molar-refractivity contribution in [1.29, 1.82) is 0 Å². The van der Waals surface area contributed by atoms with E-state index in [2.05, 4.69) is 25.5 Å². The van der Waals surface area contributed by atoms with Crippen LogP contribution in [-0.4, -0.2) is 26.1 Å². The standard InChI is InChI=1S/C18H17N5O2S/c1-11(17-20-13-4-2-3-5-14(13)21-17)19-15(24)6-7-16-22-23-18(25-16)12-8-9-26-10-12/h2-5,8-11H,6-7H2,1H3,(H,19,24)(H,20,21). The molecule has 1 unspecified atom stereocenters. The molecule has 0 aliphatic carbocycles. The van der Waals surface area contributed by atoms with E-state index >= 15 is 0 Å². The zero-order valence-corrected chi connectivity index (χ0v) is 14.9. The first-order valence-electron chi connectivity index (χ1n) is 8.28. The largest absolute Gasteiger partial charge is 0.421 e. The van der Waals surface area contributed by atoms with Crippen LogP contribution in [0.2, 0.25) is 0 Å². The minimum atomic E-state index is -0.209. The first kappa shape index (κ1) is 16.5. The van der Waals surface area contributed by atoms with Crippen LogP contribution in [0.4, 0.5) is 0 Å². The van der Waals surface area contributed by atoms with Crippen LogP contribution in [0.3, 0.4) is 0 Å². The maximum Gasteiger partial charge on any atom is 0.248 e. The number of nitrogens with one attached hydrogen (secondary N) is 2. The Morgan fingerprint density at radius 2 is 2.19 bits per heavy atom. The molecule has 4 aromatic rings. The van der Waals surface area contributed by atoms with Crippen molar-refractivity contribution in [2.24, 2.45) is 0 Å². The van der Waals surface area contributed by atoms with Crippen molar-refractivity contribution in [2.45, 2.75) is 25.8 Å². The summed E-state index contributed by atoms with van der Waals surface area (Å²) in [5.74, 6) is 1.58. The van der Waals surface area contributed by atoms with Crippen molar-refractivity contribution in [2.75, 3.05) is 0 Å². The van der Waals surface area contributed by atoms with Crippen molar-refractivity contribution in [3.63, 3.8) is 0 Å². The third kappa shape index (κ3) is 3.50. The highest BCUT2D eigenvalue weighted by molar-refractivity contribution is 7.08. The molecule has 0 aliphatic rings. The van der Waals surface area contributed by atoms with Gasteiger partial charge < -0.3 is 14.7 Å². The summed E-state index contributed by atoms with van der Waals surface area (Å²) in [6, 6.07) is 9.49. The van der Waals surface area contributed by atoms with Crippen LogP contribution < -0.4 is 5.32 Å². The Bertz CT molecular complexity index is 988. The number of aryl methyl sites for hydroxylation is 1. The third-order valence-electron chi connectivity index (χ3n) is 4.00. The van der Waals surface area contributed by atoms with Crippen LogP contribution in [0.5, 0.6) is 0 Å². The summed E-state index contributed by atoms with van der Waals surface area (Å²) < 4.78 is 5.59. The van der Waals surface area contributed by atoms with Gasteiger partial charge in [0.25, 0.3) is 0 Å². The van der Waals surface area contributed by atoms with Crippen molar-refractivity contribution >= 4 is 28.3 Å². The molecule has 0 saturated carbocycles. The molecule has 4 rings (SSSR count). The molecule has 3 heterocycles. The predicted octanol–water partition coefficient (Wildman–Crippen LogP) is 3.48. The SMILES string of the molecule is CC(NC(=O)CCc1nnc(-c2ccsc2)o1)c1nc2ccccc2[nH]1. The van der Waals surface area contributed by atoms with Gasteiger partial charge >= 0.3 is 0 Å². The first-order valence-corrected chi connectivity index (χ1v) is 9.22. The number of nitrogens with zero attached hydrogens (tertiary/aromatic N) is 3. The number of imidazole rings is 1. The summed E-state index contributed by atoms with van der Waals surface area (Å²) in [6.07, 6.45) is 0.672. The van der Waals surface area contributed by atoms with Crippen LogP contribution in [0, 0.1) is 0 Å². The summed E-state index contributed by atoms with van der Waals surface area (Å²) in [7, 11) is 0. The van der Waals surface area contributed by atoms with E-state index < -0.39 is 0 Å². The number of thiophene rings is 1. The van der Waals surface area contributed by atoms with Gasteiger partial charge in [-0.1, -0.05) is 12.1 Å². The Morgan fingerprint density at radius 1 is 1.31 bits per heavy atom. The highest BCUT2D eigenvalue weighted by Crippen LogP contribution is 2.21. The van der Waals surface area contributed by atoms with Gasteiger partial charge in [-0.2, -0.15) is 11.3 Å². The molecule has 132 valence electrons. The van der Waals surface area contributed by atoms with Crippen LogP contribution in [0.15, 0.2) is 45.5 Å². The molecule has 1 atom stereocenters. The molecule has 0 fully saturated rings. The number of carbonyl (C=O) groups excluding carboxylic acids is 1. The van der Waals surface area contributed by atoms with E-state index in [4.69, 9.17) is 4.42 Å². The number of hydrogen-bond donors (Lipinski definition) is 2. The van der Waals surface area contributed by atoms with Crippen LogP contribution in [0.25, 0.3) is 22.5 Å². The molecule has 2 N–H and O–H groups in total. The van der Waals surface area contributed by atoms with E-state index in [-0.39, 0.29) is 18.4 Å². The Morgan fingerprint density at radius 3 is 3.00 bits per heavy atom. The second-order valence-electron chi connectivity index (χ2n) is 5.94. The second kappa shape index (κ2) is 7.09. The summed E-state index contributed by atoms with van der Waals surface area (Å²) in [6.45, 7) is 1.90. The number of amides is 1. The molecule has 0 radical (unpaired) electrons. The second-order valence-corrected chi connectivity index (χ2v) is 6.72. The van der Waals surface area contributed by atoms with Crippen LogP contribution >= 0.6 is 11.3 Å². The van der Waals surface area contributed by atoms with E-state index in [0.717, 1.165) is 22.4 Å². The van der Waals surface area contributed by atoms with Gasteiger partial charge in [-0.15, -0.1) is 10.2 Å². The van der Waals surface area contributed by atoms with Gasteiger partial charge in [-0.25, -0.2) is 4.98 Å². The predicted molar refractivity (Wildman–Crippen MR) is 98.6 cm³/mol. The Kier molecular flexibility index (Phi) is 4.49. The zero-order chi connectivity index (χ0) is 17.9. The number of H-pyrrole nitrogens is 1. The normalized spacial score (nSPS) is 12.3. The minimum absolute atomic E-state index is 0.0896. The van der Waals surface area contributed by atoms with E-state index in [1.54, 1.807) is 11.3 Å². The number of para-hydroxylation sites is 2. The van der Waals surface area contributed by atoms with Gasteiger partial charge in [0, 0.05) is 23.8 Å². The molecule has 3 aromatic heterocycles. The lowest BCUT2D eigenvalue weighted by Crippen LogP contribution is -2.27. The summed E-state index contributed by atoms with van der Waals surface area (Å²) in [5.41, 5.74) is 2.74. The quantitative estimate of drug-likeness (QED) is 0.544. The number of aromatic nitrogens is 4. The maximum absolute atomic E-state index is 12.2. The number of aromatic amines is 1. The lowest BCUT2D eigenvalue weighted by molar-refractivity contribution is -0.121. The molecule has 1 amide bonds. The maximum atomic E-state index is 12.2. The van der Waals surface area contributed by atoms with Gasteiger partial charge in [-0.3, -0.25) is 4.79 Å². The van der Waals surface area contributed by atoms with Gasteiger partial charge in [0.2, 0.25) is 17.7 Å². The third-order valence-corrected chi connectivity index (χ3v) is 4.68. The summed E-state index contributed by atoms with van der Waals surface area (Å²) >= 11 is 1.57. The number of fused-ring (bicyclic) bond motifs is 1. The Labute approximate surface area is 153 Å². The van der Waals surface area contributed by atoms with Crippen LogP contribution in [-0.2, 0) is 11.2 Å². The molecule has 26 heavy (non-hydrogen) atoms. The van der Waals surface area contributed by atoms with Gasteiger partial charge in [0.05, 0.1) is 17.1 Å². The topological polar surface area (TPSA) is 96.7 Å². The van der Waals surface area contributed by atoms with Crippen LogP contribution in [0.1, 0.15) is 31.1 Å². The Hall–Kier alpha value is -3.00. The van der Waals surface area contributed by atoms with Gasteiger partial charge in [0.15, 0.2) is 0 Å². The van der Waals surface area contributed by atoms with Crippen molar-refractivity contribution in [3.05, 3.63) is 52.8 Å². The van der Waals surface area contributed by atoms with E-state index in [9.17, 15) is 4.79 Å². The zero-order valence-electron chi connectivity index (χ0n) is 14.1. The highest BCUT2D eigenvalue weighted by atomic mass is 32.1. The number of rotatable bonds is 6. The fraction of sp³-hybridized carbons (Fsp3) is 0.222. The molecular weight excluding hydrogens is 350 g/mol. The smallest absolute Gasteiger partial charge is 0.248 e. The molecule has 1 aromatic carbocycles. The van der Waals surface area contributed by atoms with Crippen molar-refractivity contribution in [3.8, 4) is 11.5 Å². The molecule has 7 nitrogen and oxygen atoms in total. The van der Waals surface area contributed by atoms with Gasteiger partial charge in [0.1, 0.15) is 5.82 Å². The summed E-state index contributed by atoms with van der Waals surface area (Å²) in [4.78, 5) is 19.9.